The summed E-state index contributed by atoms with van der Waals surface area (Å²) in [5, 5.41) is 5.59. The number of carbonyl (C=O) groups is 2. The van der Waals surface area contributed by atoms with Crippen LogP contribution in [0.5, 0.6) is 11.5 Å². The summed E-state index contributed by atoms with van der Waals surface area (Å²) in [7, 11) is 0. The van der Waals surface area contributed by atoms with Crippen molar-refractivity contribution in [1.29, 1.82) is 0 Å². The third-order valence-corrected chi connectivity index (χ3v) is 5.00. The van der Waals surface area contributed by atoms with E-state index in [1.54, 1.807) is 23.1 Å². The smallest absolute Gasteiger partial charge is 0.319 e. The molecule has 4 rings (SSSR count). The lowest BCUT2D eigenvalue weighted by Gasteiger charge is -2.27. The summed E-state index contributed by atoms with van der Waals surface area (Å²) in [6.07, 6.45) is 0.829. The number of hydrogen-bond acceptors (Lipinski definition) is 4. The molecule has 2 N–H and O–H groups in total. The van der Waals surface area contributed by atoms with Gasteiger partial charge in [-0.15, -0.1) is 0 Å². The molecule has 146 valence electrons. The summed E-state index contributed by atoms with van der Waals surface area (Å²) in [5.74, 6) is 1.08. The van der Waals surface area contributed by atoms with E-state index < -0.39 is 12.1 Å². The van der Waals surface area contributed by atoms with Gasteiger partial charge in [0.1, 0.15) is 6.04 Å². The van der Waals surface area contributed by atoms with Crippen molar-refractivity contribution in [3.8, 4) is 11.5 Å². The van der Waals surface area contributed by atoms with Gasteiger partial charge in [0, 0.05) is 24.0 Å². The summed E-state index contributed by atoms with van der Waals surface area (Å²) >= 11 is 0. The molecule has 2 aromatic rings. The van der Waals surface area contributed by atoms with Gasteiger partial charge in [0.15, 0.2) is 11.5 Å². The van der Waals surface area contributed by atoms with Crippen LogP contribution in [0.3, 0.4) is 0 Å². The molecule has 7 heteroatoms. The number of ether oxygens (including phenoxy) is 2. The average molecular weight is 381 g/mol. The van der Waals surface area contributed by atoms with Crippen LogP contribution in [-0.4, -0.2) is 31.3 Å². The van der Waals surface area contributed by atoms with E-state index >= 15 is 0 Å². The summed E-state index contributed by atoms with van der Waals surface area (Å²) in [4.78, 5) is 27.4. The minimum Gasteiger partial charge on any atom is -0.454 e. The van der Waals surface area contributed by atoms with Crippen molar-refractivity contribution in [3.63, 3.8) is 0 Å². The van der Waals surface area contributed by atoms with E-state index in [4.69, 9.17) is 9.47 Å². The first kappa shape index (κ1) is 18.2. The number of hydrogen-bond donors (Lipinski definition) is 2. The number of amides is 3. The molecule has 2 aromatic carbocycles. The van der Waals surface area contributed by atoms with E-state index in [0.717, 1.165) is 17.7 Å². The van der Waals surface area contributed by atoms with Gasteiger partial charge in [0.25, 0.3) is 0 Å². The molecular formula is C21H23N3O4. The summed E-state index contributed by atoms with van der Waals surface area (Å²) in [6, 6.07) is 12.0. The van der Waals surface area contributed by atoms with Crippen LogP contribution in [0, 0.1) is 5.92 Å². The van der Waals surface area contributed by atoms with Crippen LogP contribution in [0.4, 0.5) is 16.2 Å². The van der Waals surface area contributed by atoms with Crippen molar-refractivity contribution >= 4 is 23.3 Å². The van der Waals surface area contributed by atoms with Crippen LogP contribution in [0.1, 0.15) is 19.4 Å². The SMILES string of the molecule is CC(C)[C@H](NC(=O)Nc1ccc2c(c1)OCO2)C(=O)N1CCc2ccccc21. The monoisotopic (exact) mass is 381 g/mol. The van der Waals surface area contributed by atoms with Gasteiger partial charge < -0.3 is 25.0 Å². The Labute approximate surface area is 163 Å². The lowest BCUT2D eigenvalue weighted by atomic mass is 10.0. The van der Waals surface area contributed by atoms with E-state index in [-0.39, 0.29) is 18.6 Å². The van der Waals surface area contributed by atoms with Crippen molar-refractivity contribution < 1.29 is 19.1 Å². The first-order valence-electron chi connectivity index (χ1n) is 9.39. The Morgan fingerprint density at radius 1 is 1.07 bits per heavy atom. The van der Waals surface area contributed by atoms with Crippen LogP contribution in [0.25, 0.3) is 0 Å². The number of nitrogens with zero attached hydrogens (tertiary/aromatic N) is 1. The number of anilines is 2. The second-order valence-electron chi connectivity index (χ2n) is 7.26. The zero-order chi connectivity index (χ0) is 19.7. The molecule has 1 atom stereocenters. The van der Waals surface area contributed by atoms with Gasteiger partial charge in [-0.2, -0.15) is 0 Å². The second kappa shape index (κ2) is 7.42. The number of nitrogens with one attached hydrogen (secondary N) is 2. The van der Waals surface area contributed by atoms with E-state index in [2.05, 4.69) is 10.6 Å². The van der Waals surface area contributed by atoms with E-state index in [0.29, 0.717) is 23.7 Å². The molecule has 2 aliphatic rings. The van der Waals surface area contributed by atoms with Gasteiger partial charge >= 0.3 is 6.03 Å². The highest BCUT2D eigenvalue weighted by atomic mass is 16.7. The Morgan fingerprint density at radius 2 is 1.86 bits per heavy atom. The lowest BCUT2D eigenvalue weighted by molar-refractivity contribution is -0.121. The molecule has 0 spiro atoms. The first-order valence-corrected chi connectivity index (χ1v) is 9.39. The fourth-order valence-electron chi connectivity index (χ4n) is 3.53. The van der Waals surface area contributed by atoms with Crippen LogP contribution >= 0.6 is 0 Å². The predicted octanol–water partition coefficient (Wildman–Crippen LogP) is 3.15. The second-order valence-corrected chi connectivity index (χ2v) is 7.26. The standard InChI is InChI=1S/C21H23N3O4/c1-13(2)19(20(25)24-10-9-14-5-3-4-6-16(14)24)23-21(26)22-15-7-8-17-18(11-15)28-12-27-17/h3-8,11,13,19H,9-10,12H2,1-2H3,(H2,22,23,26)/t19-/m0/s1. The van der Waals surface area contributed by atoms with Crippen molar-refractivity contribution in [1.82, 2.24) is 5.32 Å². The molecule has 28 heavy (non-hydrogen) atoms. The largest absolute Gasteiger partial charge is 0.454 e. The van der Waals surface area contributed by atoms with Crippen LogP contribution < -0.4 is 25.0 Å². The Hall–Kier alpha value is -3.22. The molecule has 7 nitrogen and oxygen atoms in total. The molecule has 0 radical (unpaired) electrons. The minimum atomic E-state index is -0.625. The molecule has 2 heterocycles. The highest BCUT2D eigenvalue weighted by molar-refractivity contribution is 6.02. The molecular weight excluding hydrogens is 358 g/mol. The van der Waals surface area contributed by atoms with Crippen molar-refractivity contribution in [2.45, 2.75) is 26.3 Å². The normalized spacial score (nSPS) is 15.3. The summed E-state index contributed by atoms with van der Waals surface area (Å²) < 4.78 is 10.6. The summed E-state index contributed by atoms with van der Waals surface area (Å²) in [5.41, 5.74) is 2.66. The maximum absolute atomic E-state index is 13.1. The van der Waals surface area contributed by atoms with Crippen molar-refractivity contribution in [2.24, 2.45) is 5.92 Å². The zero-order valence-corrected chi connectivity index (χ0v) is 15.9. The molecule has 0 unspecified atom stereocenters. The highest BCUT2D eigenvalue weighted by Gasteiger charge is 2.32. The molecule has 0 saturated carbocycles. The zero-order valence-electron chi connectivity index (χ0n) is 15.9. The Kier molecular flexibility index (Phi) is 4.81. The first-order chi connectivity index (χ1) is 13.5. The molecule has 0 bridgehead atoms. The predicted molar refractivity (Wildman–Crippen MR) is 106 cm³/mol. The quantitative estimate of drug-likeness (QED) is 0.853. The Balaban J connectivity index is 1.45. The molecule has 0 fully saturated rings. The van der Waals surface area contributed by atoms with Gasteiger partial charge in [0.05, 0.1) is 0 Å². The van der Waals surface area contributed by atoms with Gasteiger partial charge in [-0.25, -0.2) is 4.79 Å². The van der Waals surface area contributed by atoms with Gasteiger partial charge in [-0.1, -0.05) is 32.0 Å². The third kappa shape index (κ3) is 3.47. The molecule has 2 aliphatic heterocycles. The summed E-state index contributed by atoms with van der Waals surface area (Å²) in [6.45, 7) is 4.65. The average Bonchev–Trinajstić information content (AvgIpc) is 3.31. The fourth-order valence-corrected chi connectivity index (χ4v) is 3.53. The maximum Gasteiger partial charge on any atom is 0.319 e. The highest BCUT2D eigenvalue weighted by Crippen LogP contribution is 2.34. The fraction of sp³-hybridized carbons (Fsp3) is 0.333. The molecule has 0 aromatic heterocycles. The van der Waals surface area contributed by atoms with E-state index in [1.165, 1.54) is 0 Å². The van der Waals surface area contributed by atoms with Gasteiger partial charge in [-0.05, 0) is 36.1 Å². The third-order valence-electron chi connectivity index (χ3n) is 5.00. The topological polar surface area (TPSA) is 79.9 Å². The molecule has 0 aliphatic carbocycles. The van der Waals surface area contributed by atoms with Crippen LogP contribution in [-0.2, 0) is 11.2 Å². The lowest BCUT2D eigenvalue weighted by Crippen LogP contribution is -2.52. The Morgan fingerprint density at radius 3 is 2.68 bits per heavy atom. The molecule has 0 saturated heterocycles. The van der Waals surface area contributed by atoms with Crippen molar-refractivity contribution in [3.05, 3.63) is 48.0 Å². The van der Waals surface area contributed by atoms with Crippen LogP contribution in [0.2, 0.25) is 0 Å². The number of rotatable bonds is 4. The maximum atomic E-state index is 13.1. The number of para-hydroxylation sites is 1. The number of fused-ring (bicyclic) bond motifs is 2. The van der Waals surface area contributed by atoms with Crippen LogP contribution in [0.15, 0.2) is 42.5 Å². The van der Waals surface area contributed by atoms with E-state index in [1.807, 2.05) is 38.1 Å². The van der Waals surface area contributed by atoms with Gasteiger partial charge in [-0.3, -0.25) is 4.79 Å². The minimum absolute atomic E-state index is 0.0530. The van der Waals surface area contributed by atoms with Crippen molar-refractivity contribution in [2.75, 3.05) is 23.6 Å². The Bertz CT molecular complexity index is 912. The molecule has 3 amide bonds. The number of urea groups is 1. The van der Waals surface area contributed by atoms with E-state index in [9.17, 15) is 9.59 Å². The number of carbonyl (C=O) groups excluding carboxylic acids is 2. The van der Waals surface area contributed by atoms with Gasteiger partial charge in [0.2, 0.25) is 12.7 Å². The number of benzene rings is 2.